The Morgan fingerprint density at radius 3 is 2.55 bits per heavy atom. The van der Waals surface area contributed by atoms with Gasteiger partial charge < -0.3 is 0 Å². The van der Waals surface area contributed by atoms with Crippen molar-refractivity contribution >= 4 is 25.1 Å². The number of nitriles is 1. The van der Waals surface area contributed by atoms with Gasteiger partial charge in [-0.15, -0.1) is 0 Å². The van der Waals surface area contributed by atoms with Crippen molar-refractivity contribution in [2.45, 2.75) is 18.2 Å². The second-order valence-electron chi connectivity index (χ2n) is 1.93. The van der Waals surface area contributed by atoms with Crippen molar-refractivity contribution in [3.63, 3.8) is 0 Å². The molecule has 0 radical (unpaired) electrons. The SMILES string of the molecule is N#C[Se]CCCCS(=O)(=O)O. The summed E-state index contributed by atoms with van der Waals surface area (Å²) in [5.41, 5.74) is 0. The van der Waals surface area contributed by atoms with Crippen LogP contribution in [0.15, 0.2) is 0 Å². The Hall–Kier alpha value is -0.0805. The van der Waals surface area contributed by atoms with Gasteiger partial charge in [0, 0.05) is 0 Å². The Morgan fingerprint density at radius 2 is 2.09 bits per heavy atom. The van der Waals surface area contributed by atoms with Gasteiger partial charge in [-0.25, -0.2) is 0 Å². The summed E-state index contributed by atoms with van der Waals surface area (Å²) >= 11 is -0.0286. The molecule has 6 heteroatoms. The fourth-order valence-corrected chi connectivity index (χ4v) is 2.00. The van der Waals surface area contributed by atoms with Crippen LogP contribution in [0.3, 0.4) is 0 Å². The molecule has 0 amide bonds. The van der Waals surface area contributed by atoms with E-state index in [-0.39, 0.29) is 20.7 Å². The summed E-state index contributed by atoms with van der Waals surface area (Å²) in [4.78, 5) is 2.02. The predicted octanol–water partition coefficient (Wildman–Crippen LogP) is 0.258. The molecule has 0 aromatic rings. The number of rotatable bonds is 5. The summed E-state index contributed by atoms with van der Waals surface area (Å²) in [6.07, 6.45) is 1.15. The van der Waals surface area contributed by atoms with E-state index in [0.717, 1.165) is 5.32 Å². The molecule has 0 aliphatic rings. The van der Waals surface area contributed by atoms with E-state index in [1.165, 1.54) is 0 Å². The molecule has 0 aliphatic carbocycles. The predicted molar refractivity (Wildman–Crippen MR) is 41.8 cm³/mol. The zero-order valence-electron chi connectivity index (χ0n) is 5.86. The second kappa shape index (κ2) is 5.55. The zero-order chi connectivity index (χ0) is 8.74. The molecular weight excluding hydrogens is 233 g/mol. The molecule has 1 N–H and O–H groups in total. The van der Waals surface area contributed by atoms with Crippen molar-refractivity contribution in [2.75, 3.05) is 5.75 Å². The minimum absolute atomic E-state index is 0.0286. The zero-order valence-corrected chi connectivity index (χ0v) is 8.39. The van der Waals surface area contributed by atoms with Crippen LogP contribution in [0.4, 0.5) is 0 Å². The van der Waals surface area contributed by atoms with Gasteiger partial charge >= 0.3 is 72.2 Å². The molecule has 0 unspecified atom stereocenters. The number of nitrogens with zero attached hydrogens (tertiary/aromatic N) is 1. The first-order chi connectivity index (χ1) is 5.06. The topological polar surface area (TPSA) is 78.2 Å². The molecule has 64 valence electrons. The van der Waals surface area contributed by atoms with Gasteiger partial charge in [0.05, 0.1) is 0 Å². The van der Waals surface area contributed by atoms with Crippen LogP contribution >= 0.6 is 0 Å². The third kappa shape index (κ3) is 9.92. The third-order valence-electron chi connectivity index (χ3n) is 0.963. The molecule has 0 bridgehead atoms. The standard InChI is InChI=1S/C5H9NO3SSe/c6-5-11-4-2-1-3-10(7,8)9/h1-4H2,(H,7,8,9). The Bertz CT molecular complexity index is 231. The van der Waals surface area contributed by atoms with Crippen LogP contribution in [0.2, 0.25) is 5.32 Å². The first-order valence-corrected chi connectivity index (χ1v) is 6.70. The summed E-state index contributed by atoms with van der Waals surface area (Å²) < 4.78 is 28.6. The molecule has 0 aliphatic heterocycles. The fourth-order valence-electron chi connectivity index (χ4n) is 0.504. The minimum atomic E-state index is -3.79. The third-order valence-corrected chi connectivity index (χ3v) is 3.07. The molecule has 0 atom stereocenters. The number of unbranched alkanes of at least 4 members (excludes halogenated alkanes) is 1. The fraction of sp³-hybridized carbons (Fsp3) is 0.800. The van der Waals surface area contributed by atoms with Gasteiger partial charge in [-0.3, -0.25) is 0 Å². The van der Waals surface area contributed by atoms with Crippen molar-refractivity contribution in [3.05, 3.63) is 0 Å². The van der Waals surface area contributed by atoms with Crippen LogP contribution in [0.5, 0.6) is 0 Å². The maximum atomic E-state index is 10.2. The van der Waals surface area contributed by atoms with Gasteiger partial charge in [0.25, 0.3) is 0 Å². The first kappa shape index (κ1) is 10.9. The van der Waals surface area contributed by atoms with E-state index >= 15 is 0 Å². The van der Waals surface area contributed by atoms with Gasteiger partial charge in [-0.05, 0) is 0 Å². The average Bonchev–Trinajstić information content (AvgIpc) is 1.85. The second-order valence-corrected chi connectivity index (χ2v) is 5.35. The van der Waals surface area contributed by atoms with Crippen LogP contribution in [-0.2, 0) is 10.1 Å². The molecule has 0 fully saturated rings. The van der Waals surface area contributed by atoms with Gasteiger partial charge in [0.2, 0.25) is 0 Å². The molecule has 0 saturated carbocycles. The Morgan fingerprint density at radius 1 is 1.45 bits per heavy atom. The molecule has 0 heterocycles. The molecule has 0 aromatic heterocycles. The van der Waals surface area contributed by atoms with Crippen LogP contribution in [0.1, 0.15) is 12.8 Å². The van der Waals surface area contributed by atoms with Gasteiger partial charge in [0.1, 0.15) is 0 Å². The van der Waals surface area contributed by atoms with Crippen LogP contribution < -0.4 is 0 Å². The quantitative estimate of drug-likeness (QED) is 0.426. The van der Waals surface area contributed by atoms with E-state index in [1.54, 1.807) is 0 Å². The summed E-state index contributed by atoms with van der Waals surface area (Å²) in [5, 5.41) is 8.90. The van der Waals surface area contributed by atoms with Gasteiger partial charge in [-0.1, -0.05) is 0 Å². The first-order valence-electron chi connectivity index (χ1n) is 3.02. The summed E-state index contributed by atoms with van der Waals surface area (Å²) in [5.74, 6) is -0.186. The molecule has 0 rings (SSSR count). The van der Waals surface area contributed by atoms with E-state index in [0.29, 0.717) is 12.8 Å². The van der Waals surface area contributed by atoms with Crippen molar-refractivity contribution < 1.29 is 13.0 Å². The summed E-state index contributed by atoms with van der Waals surface area (Å²) in [6.45, 7) is 0. The van der Waals surface area contributed by atoms with Crippen molar-refractivity contribution in [1.29, 1.82) is 5.26 Å². The Labute approximate surface area is 72.5 Å². The molecule has 0 spiro atoms. The van der Waals surface area contributed by atoms with E-state index < -0.39 is 10.1 Å². The Balaban J connectivity index is 3.24. The monoisotopic (exact) mass is 243 g/mol. The van der Waals surface area contributed by atoms with Crippen LogP contribution in [-0.4, -0.2) is 33.7 Å². The van der Waals surface area contributed by atoms with E-state index in [1.807, 2.05) is 4.97 Å². The van der Waals surface area contributed by atoms with Crippen molar-refractivity contribution in [1.82, 2.24) is 0 Å². The van der Waals surface area contributed by atoms with Gasteiger partial charge in [-0.2, -0.15) is 0 Å². The van der Waals surface area contributed by atoms with Crippen LogP contribution in [0, 0.1) is 10.2 Å². The molecule has 4 nitrogen and oxygen atoms in total. The van der Waals surface area contributed by atoms with Crippen molar-refractivity contribution in [2.24, 2.45) is 0 Å². The van der Waals surface area contributed by atoms with Crippen molar-refractivity contribution in [3.8, 4) is 4.97 Å². The van der Waals surface area contributed by atoms with Gasteiger partial charge in [0.15, 0.2) is 0 Å². The van der Waals surface area contributed by atoms with E-state index in [4.69, 9.17) is 9.81 Å². The normalized spacial score (nSPS) is 10.9. The maximum absolute atomic E-state index is 10.2. The van der Waals surface area contributed by atoms with E-state index in [9.17, 15) is 8.42 Å². The Kier molecular flexibility index (Phi) is 5.51. The summed E-state index contributed by atoms with van der Waals surface area (Å²) in [7, 11) is -3.79. The van der Waals surface area contributed by atoms with E-state index in [2.05, 4.69) is 0 Å². The number of hydrogen-bond acceptors (Lipinski definition) is 3. The molecule has 0 aromatic carbocycles. The molecular formula is C5H9NO3SSe. The average molecular weight is 242 g/mol. The van der Waals surface area contributed by atoms with Crippen LogP contribution in [0.25, 0.3) is 0 Å². The number of hydrogen-bond donors (Lipinski definition) is 1. The summed E-state index contributed by atoms with van der Waals surface area (Å²) in [6, 6.07) is 0. The molecule has 0 saturated heterocycles. The molecule has 11 heavy (non-hydrogen) atoms.